The maximum atomic E-state index is 12.6. The molecule has 8 heteroatoms. The second-order valence-electron chi connectivity index (χ2n) is 5.52. The van der Waals surface area contributed by atoms with Gasteiger partial charge < -0.3 is 15.1 Å². The molecule has 126 valence electrons. The fraction of sp³-hybridized carbons (Fsp3) is 0.714. The van der Waals surface area contributed by atoms with E-state index in [2.05, 4.69) is 20.1 Å². The monoisotopic (exact) mass is 366 g/mol. The van der Waals surface area contributed by atoms with E-state index in [9.17, 15) is 4.79 Å². The van der Waals surface area contributed by atoms with Crippen molar-refractivity contribution in [3.63, 3.8) is 0 Å². The van der Waals surface area contributed by atoms with Gasteiger partial charge in [-0.15, -0.1) is 36.2 Å². The smallest absolute Gasteiger partial charge is 0.227 e. The molecule has 1 unspecified atom stereocenters. The minimum atomic E-state index is 0. The van der Waals surface area contributed by atoms with E-state index >= 15 is 0 Å². The van der Waals surface area contributed by atoms with E-state index in [1.165, 1.54) is 0 Å². The van der Waals surface area contributed by atoms with Crippen LogP contribution >= 0.6 is 36.2 Å². The predicted molar refractivity (Wildman–Crippen MR) is 95.6 cm³/mol. The van der Waals surface area contributed by atoms with Crippen molar-refractivity contribution in [1.82, 2.24) is 15.2 Å². The number of hydrogen-bond acceptors (Lipinski definition) is 5. The van der Waals surface area contributed by atoms with Crippen molar-refractivity contribution in [1.29, 1.82) is 0 Å². The van der Waals surface area contributed by atoms with Gasteiger partial charge in [-0.2, -0.15) is 0 Å². The third-order valence-corrected chi connectivity index (χ3v) is 4.98. The molecule has 0 spiro atoms. The van der Waals surface area contributed by atoms with E-state index in [0.29, 0.717) is 5.91 Å². The van der Waals surface area contributed by atoms with E-state index in [4.69, 9.17) is 0 Å². The Bertz CT molecular complexity index is 440. The van der Waals surface area contributed by atoms with Crippen LogP contribution in [0.1, 0.15) is 19.3 Å². The molecule has 2 aliphatic heterocycles. The van der Waals surface area contributed by atoms with Crippen molar-refractivity contribution in [2.24, 2.45) is 5.92 Å². The zero-order valence-electron chi connectivity index (χ0n) is 12.6. The molecule has 1 aromatic rings. The molecule has 2 aliphatic rings. The first kappa shape index (κ1) is 19.5. The fourth-order valence-electron chi connectivity index (χ4n) is 3.02. The highest BCUT2D eigenvalue weighted by atomic mass is 35.5. The molecule has 5 nitrogen and oxygen atoms in total. The Labute approximate surface area is 148 Å². The number of carbonyl (C=O) groups excluding carboxylic acids is 1. The lowest BCUT2D eigenvalue weighted by Crippen LogP contribution is -2.44. The van der Waals surface area contributed by atoms with Gasteiger partial charge in [-0.25, -0.2) is 4.98 Å². The van der Waals surface area contributed by atoms with Gasteiger partial charge in [-0.3, -0.25) is 4.79 Å². The number of nitrogens with zero attached hydrogens (tertiary/aromatic N) is 3. The Morgan fingerprint density at radius 3 is 2.77 bits per heavy atom. The SMILES string of the molecule is Cl.Cl.O=C(C1CCCNC1)N1CCCN(c2nccs2)CC1. The summed E-state index contributed by atoms with van der Waals surface area (Å²) in [5.41, 5.74) is 0. The summed E-state index contributed by atoms with van der Waals surface area (Å²) >= 11 is 1.68. The van der Waals surface area contributed by atoms with E-state index in [-0.39, 0.29) is 30.7 Å². The summed E-state index contributed by atoms with van der Waals surface area (Å²) in [6.45, 7) is 5.53. The summed E-state index contributed by atoms with van der Waals surface area (Å²) in [6, 6.07) is 0. The molecule has 2 saturated heterocycles. The maximum Gasteiger partial charge on any atom is 0.227 e. The molecular weight excluding hydrogens is 343 g/mol. The molecule has 3 rings (SSSR count). The number of rotatable bonds is 2. The molecule has 1 amide bonds. The summed E-state index contributed by atoms with van der Waals surface area (Å²) in [4.78, 5) is 21.3. The minimum Gasteiger partial charge on any atom is -0.346 e. The van der Waals surface area contributed by atoms with Gasteiger partial charge in [0.05, 0.1) is 5.92 Å². The third-order valence-electron chi connectivity index (χ3n) is 4.14. The van der Waals surface area contributed by atoms with Gasteiger partial charge in [0, 0.05) is 44.3 Å². The van der Waals surface area contributed by atoms with Crippen molar-refractivity contribution >= 4 is 47.2 Å². The second-order valence-corrected chi connectivity index (χ2v) is 6.40. The van der Waals surface area contributed by atoms with E-state index in [1.54, 1.807) is 11.3 Å². The number of nitrogens with one attached hydrogen (secondary N) is 1. The van der Waals surface area contributed by atoms with Crippen LogP contribution in [0.15, 0.2) is 11.6 Å². The summed E-state index contributed by atoms with van der Waals surface area (Å²) in [7, 11) is 0. The van der Waals surface area contributed by atoms with Crippen LogP contribution in [-0.4, -0.2) is 55.1 Å². The number of aromatic nitrogens is 1. The Kier molecular flexibility index (Phi) is 8.46. The topological polar surface area (TPSA) is 48.5 Å². The number of thiazole rings is 1. The lowest BCUT2D eigenvalue weighted by molar-refractivity contribution is -0.135. The average Bonchev–Trinajstić information content (AvgIpc) is 2.92. The van der Waals surface area contributed by atoms with Crippen LogP contribution in [0.3, 0.4) is 0 Å². The molecule has 22 heavy (non-hydrogen) atoms. The molecule has 1 N–H and O–H groups in total. The highest BCUT2D eigenvalue weighted by Gasteiger charge is 2.27. The molecule has 0 aliphatic carbocycles. The van der Waals surface area contributed by atoms with Crippen molar-refractivity contribution in [3.05, 3.63) is 11.6 Å². The molecule has 1 atom stereocenters. The molecule has 0 saturated carbocycles. The summed E-state index contributed by atoms with van der Waals surface area (Å²) in [5.74, 6) is 0.536. The number of piperidine rings is 1. The van der Waals surface area contributed by atoms with Crippen molar-refractivity contribution in [2.45, 2.75) is 19.3 Å². The highest BCUT2D eigenvalue weighted by Crippen LogP contribution is 2.20. The minimum absolute atomic E-state index is 0. The fourth-order valence-corrected chi connectivity index (χ4v) is 3.72. The van der Waals surface area contributed by atoms with Gasteiger partial charge in [0.25, 0.3) is 0 Å². The van der Waals surface area contributed by atoms with Crippen LogP contribution in [-0.2, 0) is 4.79 Å². The van der Waals surface area contributed by atoms with Crippen molar-refractivity contribution < 1.29 is 4.79 Å². The summed E-state index contributed by atoms with van der Waals surface area (Å²) in [6.07, 6.45) is 5.04. The number of halogens is 2. The van der Waals surface area contributed by atoms with Crippen molar-refractivity contribution in [2.75, 3.05) is 44.2 Å². The van der Waals surface area contributed by atoms with Crippen LogP contribution in [0.2, 0.25) is 0 Å². The predicted octanol–water partition coefficient (Wildman–Crippen LogP) is 2.02. The number of anilines is 1. The third kappa shape index (κ3) is 4.72. The first-order valence-corrected chi connectivity index (χ1v) is 8.36. The molecule has 2 fully saturated rings. The van der Waals surface area contributed by atoms with Gasteiger partial charge in [0.1, 0.15) is 0 Å². The Morgan fingerprint density at radius 2 is 2.09 bits per heavy atom. The van der Waals surface area contributed by atoms with Crippen LogP contribution in [0.4, 0.5) is 5.13 Å². The molecule has 3 heterocycles. The normalized spacial score (nSPS) is 22.3. The van der Waals surface area contributed by atoms with Crippen LogP contribution in [0.5, 0.6) is 0 Å². The summed E-state index contributed by atoms with van der Waals surface area (Å²) in [5, 5.41) is 6.43. The van der Waals surface area contributed by atoms with E-state index in [0.717, 1.165) is 63.7 Å². The van der Waals surface area contributed by atoms with Gasteiger partial charge >= 0.3 is 0 Å². The molecule has 0 bridgehead atoms. The first-order chi connectivity index (χ1) is 9.84. The van der Waals surface area contributed by atoms with Gasteiger partial charge in [-0.1, -0.05) is 0 Å². The van der Waals surface area contributed by atoms with Crippen molar-refractivity contribution in [3.8, 4) is 0 Å². The quantitative estimate of drug-likeness (QED) is 0.869. The number of hydrogen-bond donors (Lipinski definition) is 1. The molecule has 1 aromatic heterocycles. The Hall–Kier alpha value is -0.560. The molecule has 0 aromatic carbocycles. The highest BCUT2D eigenvalue weighted by molar-refractivity contribution is 7.13. The van der Waals surface area contributed by atoms with Gasteiger partial charge in [0.2, 0.25) is 5.91 Å². The first-order valence-electron chi connectivity index (χ1n) is 7.48. The average molecular weight is 367 g/mol. The number of amides is 1. The lowest BCUT2D eigenvalue weighted by atomic mass is 9.98. The second kappa shape index (κ2) is 9.55. The molecular formula is C14H24Cl2N4OS. The van der Waals surface area contributed by atoms with Crippen LogP contribution in [0, 0.1) is 5.92 Å². The van der Waals surface area contributed by atoms with E-state index < -0.39 is 0 Å². The van der Waals surface area contributed by atoms with Crippen LogP contribution < -0.4 is 10.2 Å². The standard InChI is InChI=1S/C14H22N4OS.2ClH/c19-13(12-3-1-4-15-11-12)17-6-2-7-18(9-8-17)14-16-5-10-20-14;;/h5,10,12,15H,1-4,6-9,11H2;2*1H. The Morgan fingerprint density at radius 1 is 1.23 bits per heavy atom. The zero-order chi connectivity index (χ0) is 13.8. The van der Waals surface area contributed by atoms with E-state index in [1.807, 2.05) is 11.6 Å². The largest absolute Gasteiger partial charge is 0.346 e. The summed E-state index contributed by atoms with van der Waals surface area (Å²) < 4.78 is 0. The number of carbonyl (C=O) groups is 1. The lowest BCUT2D eigenvalue weighted by Gasteiger charge is -2.28. The Balaban J connectivity index is 0.00000121. The van der Waals surface area contributed by atoms with Crippen LogP contribution in [0.25, 0.3) is 0 Å². The van der Waals surface area contributed by atoms with Gasteiger partial charge in [0.15, 0.2) is 5.13 Å². The zero-order valence-corrected chi connectivity index (χ0v) is 15.0. The maximum absolute atomic E-state index is 12.6. The van der Waals surface area contributed by atoms with Gasteiger partial charge in [-0.05, 0) is 25.8 Å². The molecule has 0 radical (unpaired) electrons.